The zero-order valence-corrected chi connectivity index (χ0v) is 12.4. The molecule has 0 N–H and O–H groups in total. The summed E-state index contributed by atoms with van der Waals surface area (Å²) in [5.74, 6) is -0.519. The molecule has 0 fully saturated rings. The van der Waals surface area contributed by atoms with Crippen LogP contribution in [0.3, 0.4) is 0 Å². The first-order valence-corrected chi connectivity index (χ1v) is 6.06. The summed E-state index contributed by atoms with van der Waals surface area (Å²) in [6.45, 7) is 0.130. The Morgan fingerprint density at radius 1 is 1.42 bits per heavy atom. The monoisotopic (exact) mass is 334 g/mol. The molecule has 19 heavy (non-hydrogen) atoms. The van der Waals surface area contributed by atoms with E-state index in [9.17, 15) is 9.18 Å². The molecule has 1 aromatic rings. The Kier molecular flexibility index (Phi) is 5.75. The largest absolute Gasteiger partial charge is 0.495 e. The van der Waals surface area contributed by atoms with Crippen LogP contribution in [0.1, 0.15) is 5.56 Å². The van der Waals surface area contributed by atoms with Gasteiger partial charge in [-0.25, -0.2) is 9.18 Å². The van der Waals surface area contributed by atoms with E-state index in [0.717, 1.165) is 6.21 Å². The number of carbonyl (C=O) groups excluding carboxylic acids is 1. The Morgan fingerprint density at radius 3 is 2.63 bits per heavy atom. The first-order valence-electron chi connectivity index (χ1n) is 5.27. The summed E-state index contributed by atoms with van der Waals surface area (Å²) < 4.78 is 24.8. The number of halogens is 2. The Hall–Kier alpha value is -1.63. The zero-order chi connectivity index (χ0) is 14.4. The molecule has 1 rings (SSSR count). The molecule has 0 aliphatic rings. The number of hydroxylamine groups is 1. The van der Waals surface area contributed by atoms with Crippen molar-refractivity contribution >= 4 is 28.1 Å². The van der Waals surface area contributed by atoms with Gasteiger partial charge in [0.05, 0.1) is 24.3 Å². The highest BCUT2D eigenvalue weighted by atomic mass is 79.9. The van der Waals surface area contributed by atoms with Crippen LogP contribution in [0.4, 0.5) is 4.39 Å². The first kappa shape index (κ1) is 15.4. The third kappa shape index (κ3) is 4.20. The van der Waals surface area contributed by atoms with Crippen LogP contribution in [0.25, 0.3) is 0 Å². The van der Waals surface area contributed by atoms with E-state index >= 15 is 0 Å². The summed E-state index contributed by atoms with van der Waals surface area (Å²) in [4.78, 5) is 16.1. The maximum absolute atomic E-state index is 13.4. The topological polar surface area (TPSA) is 47.8 Å². The summed E-state index contributed by atoms with van der Waals surface area (Å²) >= 11 is 3.21. The molecule has 0 aliphatic heterocycles. The summed E-state index contributed by atoms with van der Waals surface area (Å²) in [7, 11) is 4.12. The lowest BCUT2D eigenvalue weighted by Crippen LogP contribution is -2.18. The van der Waals surface area contributed by atoms with E-state index in [4.69, 9.17) is 9.57 Å². The average Bonchev–Trinajstić information content (AvgIpc) is 2.37. The van der Waals surface area contributed by atoms with Crippen molar-refractivity contribution in [2.24, 2.45) is 0 Å². The molecule has 0 saturated heterocycles. The van der Waals surface area contributed by atoms with E-state index < -0.39 is 11.8 Å². The molecule has 0 aromatic heterocycles. The van der Waals surface area contributed by atoms with Gasteiger partial charge in [0.1, 0.15) is 18.7 Å². The molecule has 0 unspecified atom stereocenters. The second-order valence-electron chi connectivity index (χ2n) is 3.49. The van der Waals surface area contributed by atoms with E-state index in [0.29, 0.717) is 15.8 Å². The van der Waals surface area contributed by atoms with Gasteiger partial charge in [-0.05, 0) is 32.8 Å². The first-order chi connectivity index (χ1) is 9.01. The van der Waals surface area contributed by atoms with Gasteiger partial charge in [-0.3, -0.25) is 4.84 Å². The highest BCUT2D eigenvalue weighted by Gasteiger charge is 2.18. The predicted octanol–water partition coefficient (Wildman–Crippen LogP) is 1.91. The quantitative estimate of drug-likeness (QED) is 0.357. The lowest BCUT2D eigenvalue weighted by Gasteiger charge is -2.08. The van der Waals surface area contributed by atoms with Crippen molar-refractivity contribution in [2.45, 2.75) is 6.54 Å². The molecule has 0 heterocycles. The molecule has 0 bridgehead atoms. The zero-order valence-electron chi connectivity index (χ0n) is 10.8. The van der Waals surface area contributed by atoms with Crippen LogP contribution in [0.5, 0.6) is 5.75 Å². The number of rotatable bonds is 5. The van der Waals surface area contributed by atoms with Gasteiger partial charge in [-0.1, -0.05) is 0 Å². The average molecular weight is 335 g/mol. The van der Waals surface area contributed by atoms with Crippen LogP contribution in [-0.4, -0.2) is 38.3 Å². The third-order valence-electron chi connectivity index (χ3n) is 2.30. The Bertz CT molecular complexity index is 505. The molecule has 0 saturated carbocycles. The van der Waals surface area contributed by atoms with Crippen molar-refractivity contribution in [2.75, 3.05) is 21.3 Å². The molecule has 5 nitrogen and oxygen atoms in total. The van der Waals surface area contributed by atoms with E-state index in [1.54, 1.807) is 0 Å². The fraction of sp³-hybridized carbons (Fsp3) is 0.333. The fourth-order valence-electron chi connectivity index (χ4n) is 1.46. The second-order valence-corrected chi connectivity index (χ2v) is 4.34. The SMILES string of the molecule is COC(=O)/C=[N+](/Cc1cc(F)cc(Br)c1OC)OC. The van der Waals surface area contributed by atoms with E-state index in [2.05, 4.69) is 20.7 Å². The van der Waals surface area contributed by atoms with Crippen LogP contribution >= 0.6 is 15.9 Å². The molecule has 7 heteroatoms. The number of ether oxygens (including phenoxy) is 2. The van der Waals surface area contributed by atoms with Gasteiger partial charge in [0.2, 0.25) is 6.54 Å². The van der Waals surface area contributed by atoms with Gasteiger partial charge >= 0.3 is 5.97 Å². The van der Waals surface area contributed by atoms with E-state index in [1.807, 2.05) is 0 Å². The highest BCUT2D eigenvalue weighted by Crippen LogP contribution is 2.30. The van der Waals surface area contributed by atoms with Gasteiger partial charge in [0.25, 0.3) is 6.21 Å². The number of hydrogen-bond donors (Lipinski definition) is 0. The smallest absolute Gasteiger partial charge is 0.399 e. The molecule has 0 spiro atoms. The van der Waals surface area contributed by atoms with Crippen molar-refractivity contribution in [3.63, 3.8) is 0 Å². The van der Waals surface area contributed by atoms with Crippen molar-refractivity contribution < 1.29 is 28.2 Å². The number of carbonyl (C=O) groups is 1. The van der Waals surface area contributed by atoms with Crippen LogP contribution in [0.15, 0.2) is 16.6 Å². The van der Waals surface area contributed by atoms with Crippen molar-refractivity contribution in [3.05, 3.63) is 28.0 Å². The summed E-state index contributed by atoms with van der Waals surface area (Å²) in [6.07, 6.45) is 1.12. The third-order valence-corrected chi connectivity index (χ3v) is 2.89. The maximum atomic E-state index is 13.4. The van der Waals surface area contributed by atoms with Crippen LogP contribution in [0.2, 0.25) is 0 Å². The molecule has 1 aromatic carbocycles. The van der Waals surface area contributed by atoms with Crippen molar-refractivity contribution in [1.82, 2.24) is 0 Å². The summed E-state index contributed by atoms with van der Waals surface area (Å²) in [5, 5.41) is 0. The fourth-order valence-corrected chi connectivity index (χ4v) is 2.10. The highest BCUT2D eigenvalue weighted by molar-refractivity contribution is 9.10. The lowest BCUT2D eigenvalue weighted by molar-refractivity contribution is -0.788. The van der Waals surface area contributed by atoms with Gasteiger partial charge in [-0.15, -0.1) is 0 Å². The molecule has 0 atom stereocenters. The van der Waals surface area contributed by atoms with E-state index in [1.165, 1.54) is 38.2 Å². The molecule has 0 amide bonds. The number of nitrogens with zero attached hydrogens (tertiary/aromatic N) is 1. The Labute approximate surface area is 118 Å². The van der Waals surface area contributed by atoms with Gasteiger partial charge < -0.3 is 9.47 Å². The molecule has 0 radical (unpaired) electrons. The van der Waals surface area contributed by atoms with Crippen LogP contribution in [0, 0.1) is 5.82 Å². The Morgan fingerprint density at radius 2 is 2.11 bits per heavy atom. The minimum atomic E-state index is -0.573. The summed E-state index contributed by atoms with van der Waals surface area (Å²) in [5.41, 5.74) is 0.524. The molecular formula is C12H14BrFNO4+. The number of hydrogen-bond acceptors (Lipinski definition) is 4. The maximum Gasteiger partial charge on any atom is 0.399 e. The van der Waals surface area contributed by atoms with Crippen LogP contribution in [-0.2, 0) is 20.9 Å². The lowest BCUT2D eigenvalue weighted by atomic mass is 10.2. The predicted molar refractivity (Wildman–Crippen MR) is 69.7 cm³/mol. The van der Waals surface area contributed by atoms with Crippen molar-refractivity contribution in [1.29, 1.82) is 0 Å². The number of methoxy groups -OCH3 is 2. The van der Waals surface area contributed by atoms with Crippen molar-refractivity contribution in [3.8, 4) is 5.75 Å². The normalized spacial score (nSPS) is 11.1. The minimum absolute atomic E-state index is 0.130. The molecule has 104 valence electrons. The van der Waals surface area contributed by atoms with Gasteiger partial charge in [0, 0.05) is 0 Å². The number of benzene rings is 1. The molecule has 0 aliphatic carbocycles. The van der Waals surface area contributed by atoms with Gasteiger partial charge in [-0.2, -0.15) is 0 Å². The number of esters is 1. The molecular weight excluding hydrogens is 321 g/mol. The van der Waals surface area contributed by atoms with Crippen LogP contribution < -0.4 is 4.74 Å². The van der Waals surface area contributed by atoms with Gasteiger partial charge in [0.15, 0.2) is 0 Å². The standard InChI is InChI=1S/C12H14BrFNO4/c1-17-11(16)7-15(19-3)6-8-4-9(14)5-10(13)12(8)18-2/h4-5,7H,6H2,1-3H3/q+1/b15-7-. The second kappa shape index (κ2) is 7.08. The Balaban J connectivity index is 3.09. The minimum Gasteiger partial charge on any atom is -0.495 e. The van der Waals surface area contributed by atoms with E-state index in [-0.39, 0.29) is 6.54 Å². The summed E-state index contributed by atoms with van der Waals surface area (Å²) in [6, 6.07) is 2.60.